The fourth-order valence-electron chi connectivity index (χ4n) is 3.53. The number of carbonyl (C=O) groups excluding carboxylic acids is 1. The molecule has 2 N–H and O–H groups in total. The lowest BCUT2D eigenvalue weighted by atomic mass is 9.97. The highest BCUT2D eigenvalue weighted by Gasteiger charge is 2.30. The summed E-state index contributed by atoms with van der Waals surface area (Å²) in [5.41, 5.74) is 3.15. The van der Waals surface area contributed by atoms with Crippen LogP contribution in [0.25, 0.3) is 0 Å². The Morgan fingerprint density at radius 3 is 2.30 bits per heavy atom. The van der Waals surface area contributed by atoms with Crippen LogP contribution < -0.4 is 24.4 Å². The minimum Gasteiger partial charge on any atom is -0.495 e. The van der Waals surface area contributed by atoms with Crippen molar-refractivity contribution in [2.24, 2.45) is 0 Å². The smallest absolute Gasteiger partial charge is 0.282 e. The van der Waals surface area contributed by atoms with Gasteiger partial charge in [-0.1, -0.05) is 12.1 Å². The van der Waals surface area contributed by atoms with Crippen molar-refractivity contribution < 1.29 is 23.9 Å². The van der Waals surface area contributed by atoms with E-state index < -0.39 is 0 Å². The minimum atomic E-state index is -0.184. The first kappa shape index (κ1) is 19.0. The number of para-hydroxylation sites is 2. The molecule has 6 nitrogen and oxygen atoms in total. The number of methoxy groups -OCH3 is 3. The second kappa shape index (κ2) is 8.31. The molecule has 3 rings (SSSR count). The number of rotatable bonds is 6. The quantitative estimate of drug-likeness (QED) is 0.811. The Morgan fingerprint density at radius 1 is 1.00 bits per heavy atom. The molecule has 1 aliphatic heterocycles. The van der Waals surface area contributed by atoms with Crippen molar-refractivity contribution in [3.05, 3.63) is 47.5 Å². The third-order valence-corrected chi connectivity index (χ3v) is 5.21. The lowest BCUT2D eigenvalue weighted by Gasteiger charge is -2.30. The maximum Gasteiger partial charge on any atom is 0.282 e. The average Bonchev–Trinajstić information content (AvgIpc) is 2.71. The predicted molar refractivity (Wildman–Crippen MR) is 104 cm³/mol. The van der Waals surface area contributed by atoms with Crippen LogP contribution in [0, 0.1) is 0 Å². The first-order valence-corrected chi connectivity index (χ1v) is 9.09. The lowest BCUT2D eigenvalue weighted by Crippen LogP contribution is -3.16. The molecule has 2 aromatic rings. The van der Waals surface area contributed by atoms with Crippen LogP contribution in [-0.4, -0.2) is 39.8 Å². The van der Waals surface area contributed by atoms with Crippen LogP contribution in [0.5, 0.6) is 17.2 Å². The number of hydrogen-bond donors (Lipinski definition) is 2. The molecule has 0 aliphatic carbocycles. The Hall–Kier alpha value is -2.73. The summed E-state index contributed by atoms with van der Waals surface area (Å²) in [6, 6.07) is 11.3. The van der Waals surface area contributed by atoms with Gasteiger partial charge in [-0.2, -0.15) is 0 Å². The highest BCUT2D eigenvalue weighted by atomic mass is 16.5. The van der Waals surface area contributed by atoms with Gasteiger partial charge in [-0.05, 0) is 36.8 Å². The third-order valence-electron chi connectivity index (χ3n) is 5.21. The molecule has 144 valence electrons. The monoisotopic (exact) mass is 371 g/mol. The molecule has 0 saturated heterocycles. The van der Waals surface area contributed by atoms with Gasteiger partial charge in [-0.3, -0.25) is 4.79 Å². The molecule has 2 aromatic carbocycles. The molecule has 0 bridgehead atoms. The summed E-state index contributed by atoms with van der Waals surface area (Å²) >= 11 is 0. The van der Waals surface area contributed by atoms with Crippen LogP contribution in [-0.2, 0) is 17.8 Å². The average molecular weight is 371 g/mol. The van der Waals surface area contributed by atoms with Crippen LogP contribution in [0.2, 0.25) is 0 Å². The van der Waals surface area contributed by atoms with Crippen LogP contribution in [0.15, 0.2) is 36.4 Å². The largest absolute Gasteiger partial charge is 0.495 e. The first-order chi connectivity index (χ1) is 13.1. The zero-order valence-electron chi connectivity index (χ0n) is 16.3. The van der Waals surface area contributed by atoms with E-state index in [2.05, 4.69) is 5.32 Å². The number of anilines is 1. The van der Waals surface area contributed by atoms with E-state index in [1.165, 1.54) is 16.0 Å². The Morgan fingerprint density at radius 2 is 1.63 bits per heavy atom. The second-order valence-electron chi connectivity index (χ2n) is 6.72. The van der Waals surface area contributed by atoms with Gasteiger partial charge in [0.25, 0.3) is 5.91 Å². The van der Waals surface area contributed by atoms with Crippen LogP contribution in [0.1, 0.15) is 18.1 Å². The van der Waals surface area contributed by atoms with Crippen LogP contribution >= 0.6 is 0 Å². The summed E-state index contributed by atoms with van der Waals surface area (Å²) in [6.07, 6.45) is 0.900. The van der Waals surface area contributed by atoms with Gasteiger partial charge in [-0.25, -0.2) is 0 Å². The van der Waals surface area contributed by atoms with E-state index >= 15 is 0 Å². The number of fused-ring (bicyclic) bond motifs is 1. The number of carbonyl (C=O) groups is 1. The fraction of sp³-hybridized carbons (Fsp3) is 0.381. The van der Waals surface area contributed by atoms with E-state index in [-0.39, 0.29) is 11.9 Å². The maximum absolute atomic E-state index is 12.8. The number of amides is 1. The summed E-state index contributed by atoms with van der Waals surface area (Å²) in [5, 5.41) is 2.99. The van der Waals surface area contributed by atoms with Crippen LogP contribution in [0.4, 0.5) is 5.69 Å². The second-order valence-corrected chi connectivity index (χ2v) is 6.72. The van der Waals surface area contributed by atoms with E-state index in [9.17, 15) is 4.79 Å². The molecule has 2 atom stereocenters. The van der Waals surface area contributed by atoms with Gasteiger partial charge in [0.05, 0.1) is 33.6 Å². The predicted octanol–water partition coefficient (Wildman–Crippen LogP) is 1.68. The summed E-state index contributed by atoms with van der Waals surface area (Å²) in [4.78, 5) is 14.0. The van der Waals surface area contributed by atoms with Gasteiger partial charge in [0.2, 0.25) is 0 Å². The maximum atomic E-state index is 12.8. The Labute approximate surface area is 160 Å². The summed E-state index contributed by atoms with van der Waals surface area (Å²) < 4.78 is 16.1. The molecule has 6 heteroatoms. The van der Waals surface area contributed by atoms with E-state index in [0.29, 0.717) is 11.4 Å². The molecule has 0 spiro atoms. The van der Waals surface area contributed by atoms with Gasteiger partial charge in [0, 0.05) is 12.0 Å². The minimum absolute atomic E-state index is 0.0153. The summed E-state index contributed by atoms with van der Waals surface area (Å²) in [5.74, 6) is 2.12. The van der Waals surface area contributed by atoms with E-state index in [4.69, 9.17) is 14.2 Å². The van der Waals surface area contributed by atoms with E-state index in [1.807, 2.05) is 43.3 Å². The normalized spacial score (nSPS) is 16.8. The topological polar surface area (TPSA) is 61.2 Å². The van der Waals surface area contributed by atoms with Crippen molar-refractivity contribution in [2.45, 2.75) is 25.9 Å². The molecule has 0 aromatic heterocycles. The van der Waals surface area contributed by atoms with E-state index in [1.54, 1.807) is 21.3 Å². The summed E-state index contributed by atoms with van der Waals surface area (Å²) in [7, 11) is 4.89. The molecule has 0 radical (unpaired) electrons. The van der Waals surface area contributed by atoms with Crippen molar-refractivity contribution in [1.29, 1.82) is 0 Å². The number of hydrogen-bond acceptors (Lipinski definition) is 4. The zero-order chi connectivity index (χ0) is 19.4. The first-order valence-electron chi connectivity index (χ1n) is 9.09. The van der Waals surface area contributed by atoms with Gasteiger partial charge < -0.3 is 24.4 Å². The summed E-state index contributed by atoms with van der Waals surface area (Å²) in [6.45, 7) is 3.63. The highest BCUT2D eigenvalue weighted by molar-refractivity contribution is 5.94. The molecule has 1 heterocycles. The molecule has 27 heavy (non-hydrogen) atoms. The molecule has 1 aliphatic rings. The Bertz CT molecular complexity index is 822. The van der Waals surface area contributed by atoms with Gasteiger partial charge in [0.1, 0.15) is 12.3 Å². The zero-order valence-corrected chi connectivity index (χ0v) is 16.3. The van der Waals surface area contributed by atoms with Gasteiger partial charge >= 0.3 is 0 Å². The molecule has 0 fully saturated rings. The number of nitrogens with one attached hydrogen (secondary N) is 2. The SMILES string of the molecule is COc1ccccc1NC(=O)[C@@H](C)[NH+]1CCc2cc(OC)c(OC)cc2C1. The Kier molecular flexibility index (Phi) is 5.86. The molecular weight excluding hydrogens is 344 g/mol. The standard InChI is InChI=1S/C21H26N2O4/c1-14(21(24)22-17-7-5-6-8-18(17)25-2)23-10-9-15-11-19(26-3)20(27-4)12-16(15)13-23/h5-8,11-12,14H,9-10,13H2,1-4H3,(H,22,24)/p+1/t14-/m1/s1. The molecule has 1 unspecified atom stereocenters. The number of ether oxygens (including phenoxy) is 3. The Balaban J connectivity index is 1.73. The van der Waals surface area contributed by atoms with Gasteiger partial charge in [0.15, 0.2) is 17.5 Å². The van der Waals surface area contributed by atoms with E-state index in [0.717, 1.165) is 31.0 Å². The molecule has 1 amide bonds. The van der Waals surface area contributed by atoms with Crippen LogP contribution in [0.3, 0.4) is 0 Å². The van der Waals surface area contributed by atoms with Crippen molar-refractivity contribution in [3.8, 4) is 17.2 Å². The highest BCUT2D eigenvalue weighted by Crippen LogP contribution is 2.31. The van der Waals surface area contributed by atoms with Crippen molar-refractivity contribution >= 4 is 11.6 Å². The van der Waals surface area contributed by atoms with Crippen molar-refractivity contribution in [3.63, 3.8) is 0 Å². The number of benzene rings is 2. The van der Waals surface area contributed by atoms with Crippen molar-refractivity contribution in [2.75, 3.05) is 33.2 Å². The van der Waals surface area contributed by atoms with Gasteiger partial charge in [-0.15, -0.1) is 0 Å². The number of quaternary nitrogens is 1. The third kappa shape index (κ3) is 4.01. The fourth-order valence-corrected chi connectivity index (χ4v) is 3.53. The molecular formula is C21H27N2O4+. The molecule has 0 saturated carbocycles. The lowest BCUT2D eigenvalue weighted by molar-refractivity contribution is -0.929. The van der Waals surface area contributed by atoms with Crippen molar-refractivity contribution in [1.82, 2.24) is 0 Å².